The van der Waals surface area contributed by atoms with E-state index in [0.717, 1.165) is 56.2 Å². The number of hydrogen-bond donors (Lipinski definition) is 1. The molecule has 19 heavy (non-hydrogen) atoms. The topological polar surface area (TPSA) is 39.7 Å². The van der Waals surface area contributed by atoms with E-state index in [1.807, 2.05) is 18.2 Å². The normalized spacial score (nSPS) is 10.5. The van der Waals surface area contributed by atoms with Gasteiger partial charge in [-0.15, -0.1) is 0 Å². The van der Waals surface area contributed by atoms with E-state index in [1.165, 1.54) is 0 Å². The minimum absolute atomic E-state index is 0.793. The lowest BCUT2D eigenvalue weighted by Gasteiger charge is -2.11. The largest absolute Gasteiger partial charge is 0.497 e. The molecule has 0 saturated carbocycles. The summed E-state index contributed by atoms with van der Waals surface area (Å²) in [5.74, 6) is 1.67. The first-order valence-corrected chi connectivity index (χ1v) is 6.81. The van der Waals surface area contributed by atoms with Gasteiger partial charge in [-0.2, -0.15) is 0 Å². The monoisotopic (exact) mass is 267 g/mol. The second kappa shape index (κ2) is 9.64. The number of nitrogens with one attached hydrogen (secondary N) is 1. The molecule has 108 valence electrons. The maximum absolute atomic E-state index is 5.43. The van der Waals surface area contributed by atoms with Crippen molar-refractivity contribution in [1.29, 1.82) is 0 Å². The van der Waals surface area contributed by atoms with Crippen LogP contribution >= 0.6 is 0 Å². The number of methoxy groups -OCH3 is 2. The van der Waals surface area contributed by atoms with Crippen LogP contribution in [0.4, 0.5) is 0 Å². The summed E-state index contributed by atoms with van der Waals surface area (Å²) in [6, 6.07) is 5.88. The summed E-state index contributed by atoms with van der Waals surface area (Å²) in [6.45, 7) is 5.53. The summed E-state index contributed by atoms with van der Waals surface area (Å²) in [7, 11) is 3.33. The Balaban J connectivity index is 2.28. The van der Waals surface area contributed by atoms with Crippen LogP contribution < -0.4 is 14.8 Å². The molecule has 0 bridgehead atoms. The van der Waals surface area contributed by atoms with Crippen molar-refractivity contribution in [2.24, 2.45) is 0 Å². The molecule has 4 nitrogen and oxygen atoms in total. The van der Waals surface area contributed by atoms with Crippen LogP contribution in [0.3, 0.4) is 0 Å². The molecular weight excluding hydrogens is 242 g/mol. The number of rotatable bonds is 10. The molecular formula is C15H25NO3. The Kier molecular flexibility index (Phi) is 8.02. The van der Waals surface area contributed by atoms with Gasteiger partial charge in [0.15, 0.2) is 0 Å². The standard InChI is InChI=1S/C15H25NO3/c1-4-9-19-10-5-8-16-12-13-6-7-14(17-2)11-15(13)18-3/h6-7,11,16H,4-5,8-10,12H2,1-3H3. The van der Waals surface area contributed by atoms with E-state index in [0.29, 0.717) is 0 Å². The van der Waals surface area contributed by atoms with E-state index in [9.17, 15) is 0 Å². The molecule has 0 fully saturated rings. The third kappa shape index (κ3) is 5.94. The van der Waals surface area contributed by atoms with Crippen molar-refractivity contribution in [3.05, 3.63) is 23.8 Å². The van der Waals surface area contributed by atoms with Gasteiger partial charge in [0.05, 0.1) is 14.2 Å². The maximum atomic E-state index is 5.43. The first-order valence-electron chi connectivity index (χ1n) is 6.81. The third-order valence-corrected chi connectivity index (χ3v) is 2.80. The minimum Gasteiger partial charge on any atom is -0.497 e. The number of benzene rings is 1. The molecule has 0 spiro atoms. The molecule has 0 amide bonds. The van der Waals surface area contributed by atoms with E-state index < -0.39 is 0 Å². The van der Waals surface area contributed by atoms with Gasteiger partial charge in [0, 0.05) is 31.4 Å². The summed E-state index contributed by atoms with van der Waals surface area (Å²) in [4.78, 5) is 0. The molecule has 1 aromatic rings. The van der Waals surface area contributed by atoms with Gasteiger partial charge in [0.2, 0.25) is 0 Å². The summed E-state index contributed by atoms with van der Waals surface area (Å²) in [6.07, 6.45) is 2.11. The van der Waals surface area contributed by atoms with Crippen molar-refractivity contribution in [3.63, 3.8) is 0 Å². The van der Waals surface area contributed by atoms with Crippen LogP contribution in [-0.4, -0.2) is 34.0 Å². The second-order valence-corrected chi connectivity index (χ2v) is 4.32. The van der Waals surface area contributed by atoms with E-state index in [-0.39, 0.29) is 0 Å². The average molecular weight is 267 g/mol. The van der Waals surface area contributed by atoms with Gasteiger partial charge in [-0.25, -0.2) is 0 Å². The quantitative estimate of drug-likeness (QED) is 0.661. The molecule has 0 atom stereocenters. The van der Waals surface area contributed by atoms with Gasteiger partial charge in [0.1, 0.15) is 11.5 Å². The van der Waals surface area contributed by atoms with Crippen molar-refractivity contribution < 1.29 is 14.2 Å². The van der Waals surface area contributed by atoms with Crippen LogP contribution in [0.25, 0.3) is 0 Å². The third-order valence-electron chi connectivity index (χ3n) is 2.80. The molecule has 0 aromatic heterocycles. The molecule has 1 rings (SSSR count). The second-order valence-electron chi connectivity index (χ2n) is 4.32. The lowest BCUT2D eigenvalue weighted by molar-refractivity contribution is 0.132. The Bertz CT molecular complexity index is 355. The van der Waals surface area contributed by atoms with Crippen LogP contribution in [0.5, 0.6) is 11.5 Å². The Labute approximate surface area is 116 Å². The van der Waals surface area contributed by atoms with Gasteiger partial charge in [-0.3, -0.25) is 0 Å². The molecule has 0 saturated heterocycles. The van der Waals surface area contributed by atoms with Crippen LogP contribution in [0, 0.1) is 0 Å². The van der Waals surface area contributed by atoms with Crippen molar-refractivity contribution in [1.82, 2.24) is 5.32 Å². The Morgan fingerprint density at radius 2 is 1.95 bits per heavy atom. The SMILES string of the molecule is CCCOCCCNCc1ccc(OC)cc1OC. The van der Waals surface area contributed by atoms with Crippen LogP contribution in [0.2, 0.25) is 0 Å². The highest BCUT2D eigenvalue weighted by molar-refractivity contribution is 5.40. The predicted octanol–water partition coefficient (Wildman–Crippen LogP) is 2.61. The first-order chi connectivity index (χ1) is 9.31. The molecule has 0 aliphatic heterocycles. The fourth-order valence-electron chi connectivity index (χ4n) is 1.77. The summed E-state index contributed by atoms with van der Waals surface area (Å²) >= 11 is 0. The fourth-order valence-corrected chi connectivity index (χ4v) is 1.77. The molecule has 0 aliphatic rings. The van der Waals surface area contributed by atoms with Gasteiger partial charge < -0.3 is 19.5 Å². The molecule has 4 heteroatoms. The van der Waals surface area contributed by atoms with Crippen molar-refractivity contribution >= 4 is 0 Å². The van der Waals surface area contributed by atoms with E-state index >= 15 is 0 Å². The van der Waals surface area contributed by atoms with Crippen molar-refractivity contribution in [2.75, 3.05) is 34.0 Å². The summed E-state index contributed by atoms with van der Waals surface area (Å²) in [5.41, 5.74) is 1.14. The molecule has 0 aliphatic carbocycles. The number of ether oxygens (including phenoxy) is 3. The Morgan fingerprint density at radius 3 is 2.63 bits per heavy atom. The van der Waals surface area contributed by atoms with Gasteiger partial charge >= 0.3 is 0 Å². The molecule has 0 unspecified atom stereocenters. The van der Waals surface area contributed by atoms with E-state index in [4.69, 9.17) is 14.2 Å². The van der Waals surface area contributed by atoms with Crippen molar-refractivity contribution in [3.8, 4) is 11.5 Å². The molecule has 1 N–H and O–H groups in total. The van der Waals surface area contributed by atoms with E-state index in [1.54, 1.807) is 14.2 Å². The Morgan fingerprint density at radius 1 is 1.11 bits per heavy atom. The summed E-state index contributed by atoms with van der Waals surface area (Å²) < 4.78 is 16.0. The predicted molar refractivity (Wildman–Crippen MR) is 77.0 cm³/mol. The molecule has 0 heterocycles. The van der Waals surface area contributed by atoms with Gasteiger partial charge in [-0.1, -0.05) is 13.0 Å². The zero-order chi connectivity index (χ0) is 13.9. The maximum Gasteiger partial charge on any atom is 0.127 e. The van der Waals surface area contributed by atoms with Crippen molar-refractivity contribution in [2.45, 2.75) is 26.3 Å². The van der Waals surface area contributed by atoms with Crippen LogP contribution in [0.1, 0.15) is 25.3 Å². The average Bonchev–Trinajstić information content (AvgIpc) is 2.46. The van der Waals surface area contributed by atoms with Gasteiger partial charge in [-0.05, 0) is 25.5 Å². The highest BCUT2D eigenvalue weighted by atomic mass is 16.5. The Hall–Kier alpha value is -1.26. The van der Waals surface area contributed by atoms with E-state index in [2.05, 4.69) is 12.2 Å². The lowest BCUT2D eigenvalue weighted by Crippen LogP contribution is -2.17. The minimum atomic E-state index is 0.793. The fraction of sp³-hybridized carbons (Fsp3) is 0.600. The lowest BCUT2D eigenvalue weighted by atomic mass is 10.2. The highest BCUT2D eigenvalue weighted by Crippen LogP contribution is 2.24. The first kappa shape index (κ1) is 15.8. The van der Waals surface area contributed by atoms with Crippen LogP contribution in [-0.2, 0) is 11.3 Å². The summed E-state index contributed by atoms with van der Waals surface area (Å²) in [5, 5.41) is 3.39. The highest BCUT2D eigenvalue weighted by Gasteiger charge is 2.04. The smallest absolute Gasteiger partial charge is 0.127 e. The van der Waals surface area contributed by atoms with Gasteiger partial charge in [0.25, 0.3) is 0 Å². The molecule has 1 aromatic carbocycles. The number of hydrogen-bond acceptors (Lipinski definition) is 4. The zero-order valence-electron chi connectivity index (χ0n) is 12.2. The zero-order valence-corrected chi connectivity index (χ0v) is 12.2. The molecule has 0 radical (unpaired) electrons. The van der Waals surface area contributed by atoms with Crippen LogP contribution in [0.15, 0.2) is 18.2 Å².